The molecule has 1 aliphatic rings. The summed E-state index contributed by atoms with van der Waals surface area (Å²) in [7, 11) is 0. The summed E-state index contributed by atoms with van der Waals surface area (Å²) in [6.07, 6.45) is 8.14. The minimum atomic E-state index is 0.0992. The molecule has 2 aromatic carbocycles. The summed E-state index contributed by atoms with van der Waals surface area (Å²) in [5.41, 5.74) is 3.00. The van der Waals surface area contributed by atoms with E-state index in [0.717, 1.165) is 42.0 Å². The Hall–Kier alpha value is -2.33. The first-order valence-electron chi connectivity index (χ1n) is 11.5. The van der Waals surface area contributed by atoms with Crippen molar-refractivity contribution in [1.82, 2.24) is 4.90 Å². The molecule has 1 saturated heterocycles. The van der Waals surface area contributed by atoms with E-state index < -0.39 is 0 Å². The minimum absolute atomic E-state index is 0.0992. The first kappa shape index (κ1) is 22.4. The van der Waals surface area contributed by atoms with Gasteiger partial charge in [0, 0.05) is 17.7 Å². The van der Waals surface area contributed by atoms with Crippen LogP contribution in [0.4, 0.5) is 5.69 Å². The van der Waals surface area contributed by atoms with E-state index in [4.69, 9.17) is 4.74 Å². The smallest absolute Gasteiger partial charge is 0.224 e. The van der Waals surface area contributed by atoms with Crippen molar-refractivity contribution in [3.63, 3.8) is 0 Å². The number of anilines is 1. The lowest BCUT2D eigenvalue weighted by molar-refractivity contribution is -0.116. The van der Waals surface area contributed by atoms with Gasteiger partial charge in [0.1, 0.15) is 5.75 Å². The van der Waals surface area contributed by atoms with Crippen molar-refractivity contribution < 1.29 is 9.53 Å². The highest BCUT2D eigenvalue weighted by atomic mass is 16.5. The molecule has 30 heavy (non-hydrogen) atoms. The van der Waals surface area contributed by atoms with Gasteiger partial charge in [0.2, 0.25) is 5.91 Å². The van der Waals surface area contributed by atoms with Gasteiger partial charge in [-0.25, -0.2) is 0 Å². The van der Waals surface area contributed by atoms with Gasteiger partial charge in [0.15, 0.2) is 0 Å². The fraction of sp³-hybridized carbons (Fsp3) is 0.500. The first-order chi connectivity index (χ1) is 14.6. The summed E-state index contributed by atoms with van der Waals surface area (Å²) in [5.74, 6) is 0.982. The van der Waals surface area contributed by atoms with Crippen LogP contribution in [0.15, 0.2) is 48.5 Å². The fourth-order valence-electron chi connectivity index (χ4n) is 4.00. The first-order valence-corrected chi connectivity index (χ1v) is 11.5. The standard InChI is InChI=1S/C26H36N2O2/c1-21(2)30-25-12-6-5-11-24(25)22-14-16-23(17-15-22)27-26(29)13-7-10-20-28-18-8-3-4-9-19-28/h5-6,11-12,14-17,21H,3-4,7-10,13,18-20H2,1-2H3,(H,27,29). The largest absolute Gasteiger partial charge is 0.490 e. The molecule has 162 valence electrons. The number of carbonyl (C=O) groups is 1. The molecular formula is C26H36N2O2. The number of nitrogens with one attached hydrogen (secondary N) is 1. The number of unbranched alkanes of at least 4 members (excludes halogenated alkanes) is 1. The molecule has 0 atom stereocenters. The molecule has 4 nitrogen and oxygen atoms in total. The van der Waals surface area contributed by atoms with E-state index >= 15 is 0 Å². The molecule has 3 rings (SSSR count). The molecule has 4 heteroatoms. The van der Waals surface area contributed by atoms with E-state index in [2.05, 4.69) is 16.3 Å². The zero-order valence-corrected chi connectivity index (χ0v) is 18.5. The maximum Gasteiger partial charge on any atom is 0.224 e. The topological polar surface area (TPSA) is 41.6 Å². The SMILES string of the molecule is CC(C)Oc1ccccc1-c1ccc(NC(=O)CCCCN2CCCCCC2)cc1. The third-order valence-electron chi connectivity index (χ3n) is 5.56. The number of hydrogen-bond acceptors (Lipinski definition) is 3. The van der Waals surface area contributed by atoms with Crippen molar-refractivity contribution in [1.29, 1.82) is 0 Å². The molecular weight excluding hydrogens is 372 g/mol. The molecule has 0 saturated carbocycles. The van der Waals surface area contributed by atoms with Gasteiger partial charge in [-0.05, 0) is 82.9 Å². The van der Waals surface area contributed by atoms with Gasteiger partial charge in [-0.3, -0.25) is 4.79 Å². The number of amides is 1. The molecule has 1 amide bonds. The number of nitrogens with zero attached hydrogens (tertiary/aromatic N) is 1. The summed E-state index contributed by atoms with van der Waals surface area (Å²) >= 11 is 0. The summed E-state index contributed by atoms with van der Waals surface area (Å²) in [5, 5.41) is 3.03. The maximum atomic E-state index is 12.3. The second-order valence-corrected chi connectivity index (χ2v) is 8.50. The number of ether oxygens (including phenoxy) is 1. The van der Waals surface area contributed by atoms with Crippen molar-refractivity contribution in [2.75, 3.05) is 25.0 Å². The number of carbonyl (C=O) groups excluding carboxylic acids is 1. The Labute approximate surface area is 181 Å². The molecule has 0 spiro atoms. The molecule has 1 aliphatic heterocycles. The monoisotopic (exact) mass is 408 g/mol. The van der Waals surface area contributed by atoms with Crippen LogP contribution in [0, 0.1) is 0 Å². The van der Waals surface area contributed by atoms with Crippen LogP contribution in [0.2, 0.25) is 0 Å². The van der Waals surface area contributed by atoms with Gasteiger partial charge in [-0.15, -0.1) is 0 Å². The van der Waals surface area contributed by atoms with Gasteiger partial charge in [0.25, 0.3) is 0 Å². The molecule has 1 N–H and O–H groups in total. The van der Waals surface area contributed by atoms with Crippen LogP contribution in [0.25, 0.3) is 11.1 Å². The highest BCUT2D eigenvalue weighted by Gasteiger charge is 2.10. The van der Waals surface area contributed by atoms with Crippen molar-refractivity contribution in [2.45, 2.75) is 64.9 Å². The minimum Gasteiger partial charge on any atom is -0.490 e. The lowest BCUT2D eigenvalue weighted by atomic mass is 10.0. The van der Waals surface area contributed by atoms with Crippen molar-refractivity contribution in [3.8, 4) is 16.9 Å². The van der Waals surface area contributed by atoms with E-state index in [1.165, 1.54) is 38.8 Å². The zero-order valence-electron chi connectivity index (χ0n) is 18.5. The molecule has 1 heterocycles. The Morgan fingerprint density at radius 3 is 2.37 bits per heavy atom. The lowest BCUT2D eigenvalue weighted by Gasteiger charge is -2.19. The van der Waals surface area contributed by atoms with Crippen molar-refractivity contribution >= 4 is 11.6 Å². The van der Waals surface area contributed by atoms with Crippen LogP contribution in [-0.4, -0.2) is 36.5 Å². The lowest BCUT2D eigenvalue weighted by Crippen LogP contribution is -2.25. The molecule has 0 unspecified atom stereocenters. The van der Waals surface area contributed by atoms with Crippen LogP contribution in [0.1, 0.15) is 58.8 Å². The third kappa shape index (κ3) is 7.17. The summed E-state index contributed by atoms with van der Waals surface area (Å²) in [4.78, 5) is 14.9. The average molecular weight is 409 g/mol. The van der Waals surface area contributed by atoms with E-state index in [1.54, 1.807) is 0 Å². The van der Waals surface area contributed by atoms with E-state index in [9.17, 15) is 4.79 Å². The Bertz CT molecular complexity index is 778. The number of hydrogen-bond donors (Lipinski definition) is 1. The molecule has 2 aromatic rings. The zero-order chi connectivity index (χ0) is 21.2. The Kier molecular flexibility index (Phi) is 8.76. The molecule has 0 aliphatic carbocycles. The quantitative estimate of drug-likeness (QED) is 0.508. The van der Waals surface area contributed by atoms with Gasteiger partial charge >= 0.3 is 0 Å². The molecule has 0 aromatic heterocycles. The van der Waals surface area contributed by atoms with Crippen LogP contribution >= 0.6 is 0 Å². The number of rotatable bonds is 9. The predicted molar refractivity (Wildman–Crippen MR) is 125 cm³/mol. The molecule has 1 fully saturated rings. The number of benzene rings is 2. The van der Waals surface area contributed by atoms with Gasteiger partial charge in [-0.2, -0.15) is 0 Å². The summed E-state index contributed by atoms with van der Waals surface area (Å²) in [6.45, 7) is 7.64. The normalized spacial score (nSPS) is 15.0. The van der Waals surface area contributed by atoms with Crippen molar-refractivity contribution in [3.05, 3.63) is 48.5 Å². The second kappa shape index (κ2) is 11.8. The van der Waals surface area contributed by atoms with E-state index in [0.29, 0.717) is 6.42 Å². The summed E-state index contributed by atoms with van der Waals surface area (Å²) < 4.78 is 5.93. The number of para-hydroxylation sites is 1. The van der Waals surface area contributed by atoms with Gasteiger partial charge in [-0.1, -0.05) is 43.2 Å². The van der Waals surface area contributed by atoms with Gasteiger partial charge < -0.3 is 15.0 Å². The van der Waals surface area contributed by atoms with E-state index in [1.807, 2.05) is 56.3 Å². The van der Waals surface area contributed by atoms with E-state index in [-0.39, 0.29) is 12.0 Å². The summed E-state index contributed by atoms with van der Waals surface area (Å²) in [6, 6.07) is 16.1. The third-order valence-corrected chi connectivity index (χ3v) is 5.56. The van der Waals surface area contributed by atoms with Crippen LogP contribution in [0.3, 0.4) is 0 Å². The molecule has 0 radical (unpaired) electrons. The molecule has 0 bridgehead atoms. The Balaban J connectivity index is 1.45. The van der Waals surface area contributed by atoms with Crippen LogP contribution in [-0.2, 0) is 4.79 Å². The van der Waals surface area contributed by atoms with Crippen LogP contribution in [0.5, 0.6) is 5.75 Å². The predicted octanol–water partition coefficient (Wildman–Crippen LogP) is 6.13. The Morgan fingerprint density at radius 2 is 1.67 bits per heavy atom. The second-order valence-electron chi connectivity index (χ2n) is 8.50. The highest BCUT2D eigenvalue weighted by Crippen LogP contribution is 2.31. The van der Waals surface area contributed by atoms with Crippen molar-refractivity contribution in [2.24, 2.45) is 0 Å². The Morgan fingerprint density at radius 1 is 0.967 bits per heavy atom. The maximum absolute atomic E-state index is 12.3. The fourth-order valence-corrected chi connectivity index (χ4v) is 4.00. The number of likely N-dealkylation sites (tertiary alicyclic amines) is 1. The average Bonchev–Trinajstić information content (AvgIpc) is 3.01. The van der Waals surface area contributed by atoms with Gasteiger partial charge in [0.05, 0.1) is 6.10 Å². The highest BCUT2D eigenvalue weighted by molar-refractivity contribution is 5.91. The van der Waals surface area contributed by atoms with Crippen LogP contribution < -0.4 is 10.1 Å².